The molecular formula is C26H25N3O4. The summed E-state index contributed by atoms with van der Waals surface area (Å²) >= 11 is 0. The van der Waals surface area contributed by atoms with Crippen molar-refractivity contribution in [1.29, 1.82) is 5.26 Å². The lowest BCUT2D eigenvalue weighted by atomic mass is 10.1. The van der Waals surface area contributed by atoms with Gasteiger partial charge in [0.15, 0.2) is 11.5 Å². The van der Waals surface area contributed by atoms with Gasteiger partial charge < -0.3 is 24.8 Å². The Morgan fingerprint density at radius 3 is 2.24 bits per heavy atom. The van der Waals surface area contributed by atoms with Crippen LogP contribution in [0.1, 0.15) is 18.5 Å². The van der Waals surface area contributed by atoms with Gasteiger partial charge in [-0.05, 0) is 61.0 Å². The van der Waals surface area contributed by atoms with Crippen molar-refractivity contribution in [2.45, 2.75) is 13.0 Å². The Labute approximate surface area is 193 Å². The maximum absolute atomic E-state index is 12.6. The maximum Gasteiger partial charge on any atom is 0.263 e. The van der Waals surface area contributed by atoms with E-state index in [1.807, 2.05) is 49.4 Å². The third kappa shape index (κ3) is 6.28. The Bertz CT molecular complexity index is 1150. The summed E-state index contributed by atoms with van der Waals surface area (Å²) in [6.07, 6.45) is 1.38. The van der Waals surface area contributed by atoms with Crippen LogP contribution in [0.4, 0.5) is 5.69 Å². The van der Waals surface area contributed by atoms with E-state index in [-0.39, 0.29) is 11.6 Å². The lowest BCUT2D eigenvalue weighted by Gasteiger charge is -2.16. The molecule has 0 bridgehead atoms. The average molecular weight is 444 g/mol. The van der Waals surface area contributed by atoms with Gasteiger partial charge in [0.25, 0.3) is 5.91 Å². The van der Waals surface area contributed by atoms with Gasteiger partial charge in [-0.25, -0.2) is 0 Å². The molecule has 168 valence electrons. The fourth-order valence-corrected chi connectivity index (χ4v) is 3.03. The molecule has 0 heterocycles. The molecule has 7 heteroatoms. The summed E-state index contributed by atoms with van der Waals surface area (Å²) in [4.78, 5) is 12.6. The van der Waals surface area contributed by atoms with Crippen LogP contribution in [0.25, 0.3) is 0 Å². The Hall–Kier alpha value is -4.44. The van der Waals surface area contributed by atoms with Gasteiger partial charge in [-0.2, -0.15) is 5.26 Å². The summed E-state index contributed by atoms with van der Waals surface area (Å²) in [5, 5.41) is 15.2. The monoisotopic (exact) mass is 443 g/mol. The molecule has 33 heavy (non-hydrogen) atoms. The predicted octanol–water partition coefficient (Wildman–Crippen LogP) is 5.19. The van der Waals surface area contributed by atoms with E-state index in [1.165, 1.54) is 6.20 Å². The first-order valence-electron chi connectivity index (χ1n) is 10.3. The molecule has 0 radical (unpaired) electrons. The predicted molar refractivity (Wildman–Crippen MR) is 126 cm³/mol. The molecule has 0 aliphatic carbocycles. The van der Waals surface area contributed by atoms with Crippen molar-refractivity contribution >= 4 is 11.6 Å². The van der Waals surface area contributed by atoms with E-state index in [1.54, 1.807) is 50.6 Å². The number of para-hydroxylation sites is 1. The molecule has 0 saturated heterocycles. The highest BCUT2D eigenvalue weighted by atomic mass is 16.5. The molecule has 1 atom stereocenters. The van der Waals surface area contributed by atoms with Crippen LogP contribution >= 0.6 is 0 Å². The van der Waals surface area contributed by atoms with Crippen LogP contribution in [-0.2, 0) is 4.79 Å². The van der Waals surface area contributed by atoms with E-state index in [4.69, 9.17) is 14.2 Å². The molecule has 0 aliphatic rings. The van der Waals surface area contributed by atoms with Gasteiger partial charge in [-0.3, -0.25) is 4.79 Å². The fourth-order valence-electron chi connectivity index (χ4n) is 3.03. The molecular weight excluding hydrogens is 418 g/mol. The zero-order valence-electron chi connectivity index (χ0n) is 18.7. The van der Waals surface area contributed by atoms with Crippen LogP contribution in [-0.4, -0.2) is 20.1 Å². The summed E-state index contributed by atoms with van der Waals surface area (Å²) in [7, 11) is 3.11. The number of rotatable bonds is 9. The van der Waals surface area contributed by atoms with Crippen LogP contribution in [0.15, 0.2) is 84.6 Å². The normalized spacial score (nSPS) is 11.6. The van der Waals surface area contributed by atoms with Crippen molar-refractivity contribution in [3.8, 4) is 29.1 Å². The number of methoxy groups -OCH3 is 2. The highest BCUT2D eigenvalue weighted by Gasteiger charge is 2.15. The fraction of sp³-hybridized carbons (Fsp3) is 0.154. The van der Waals surface area contributed by atoms with Gasteiger partial charge in [0.1, 0.15) is 23.1 Å². The quantitative estimate of drug-likeness (QED) is 0.349. The summed E-state index contributed by atoms with van der Waals surface area (Å²) in [5.74, 6) is 2.09. The van der Waals surface area contributed by atoms with E-state index in [2.05, 4.69) is 10.6 Å². The lowest BCUT2D eigenvalue weighted by molar-refractivity contribution is -0.117. The zero-order valence-corrected chi connectivity index (χ0v) is 18.7. The van der Waals surface area contributed by atoms with Gasteiger partial charge in [0, 0.05) is 11.9 Å². The molecule has 0 saturated carbocycles. The van der Waals surface area contributed by atoms with Crippen LogP contribution in [0.5, 0.6) is 23.0 Å². The smallest absolute Gasteiger partial charge is 0.263 e. The molecule has 7 nitrogen and oxygen atoms in total. The Morgan fingerprint density at radius 1 is 0.939 bits per heavy atom. The number of nitrogens with one attached hydrogen (secondary N) is 2. The average Bonchev–Trinajstić information content (AvgIpc) is 2.85. The van der Waals surface area contributed by atoms with Gasteiger partial charge in [-0.15, -0.1) is 0 Å². The number of nitrogens with zero attached hydrogens (tertiary/aromatic N) is 1. The summed E-state index contributed by atoms with van der Waals surface area (Å²) < 4.78 is 16.3. The summed E-state index contributed by atoms with van der Waals surface area (Å²) in [6, 6.07) is 23.6. The number of nitriles is 1. The number of anilines is 1. The first-order valence-corrected chi connectivity index (χ1v) is 10.3. The van der Waals surface area contributed by atoms with E-state index >= 15 is 0 Å². The van der Waals surface area contributed by atoms with Crippen molar-refractivity contribution in [2.75, 3.05) is 19.5 Å². The maximum atomic E-state index is 12.6. The van der Waals surface area contributed by atoms with Crippen molar-refractivity contribution < 1.29 is 19.0 Å². The Kier molecular flexibility index (Phi) is 7.92. The topological polar surface area (TPSA) is 92.6 Å². The molecule has 1 unspecified atom stereocenters. The van der Waals surface area contributed by atoms with E-state index in [9.17, 15) is 10.1 Å². The van der Waals surface area contributed by atoms with Crippen LogP contribution < -0.4 is 24.8 Å². The number of amides is 1. The number of ether oxygens (including phenoxy) is 3. The summed E-state index contributed by atoms with van der Waals surface area (Å²) in [6.45, 7) is 1.83. The van der Waals surface area contributed by atoms with Crippen molar-refractivity contribution in [3.63, 3.8) is 0 Å². The van der Waals surface area contributed by atoms with Crippen LogP contribution in [0, 0.1) is 11.3 Å². The number of carbonyl (C=O) groups excluding carboxylic acids is 1. The molecule has 3 rings (SSSR count). The number of hydrogen-bond acceptors (Lipinski definition) is 6. The minimum atomic E-state index is -0.490. The van der Waals surface area contributed by atoms with E-state index < -0.39 is 5.91 Å². The largest absolute Gasteiger partial charge is 0.493 e. The second-order valence-electron chi connectivity index (χ2n) is 7.06. The third-order valence-electron chi connectivity index (χ3n) is 4.84. The van der Waals surface area contributed by atoms with Crippen molar-refractivity contribution in [1.82, 2.24) is 5.32 Å². The highest BCUT2D eigenvalue weighted by molar-refractivity contribution is 5.97. The van der Waals surface area contributed by atoms with Crippen molar-refractivity contribution in [2.24, 2.45) is 0 Å². The molecule has 0 aromatic heterocycles. The molecule has 0 spiro atoms. The first kappa shape index (κ1) is 23.2. The number of carbonyl (C=O) groups is 1. The minimum absolute atomic E-state index is 0.0491. The van der Waals surface area contributed by atoms with E-state index in [0.29, 0.717) is 22.9 Å². The lowest BCUT2D eigenvalue weighted by Crippen LogP contribution is -2.28. The first-order chi connectivity index (χ1) is 16.0. The molecule has 0 fully saturated rings. The molecule has 0 aliphatic heterocycles. The standard InChI is InChI=1S/C26H25N3O4/c1-18(19-9-14-24(31-2)25(15-19)32-3)29-26(30)20(16-27)17-28-21-10-12-23(13-11-21)33-22-7-5-4-6-8-22/h4-15,17-18,28H,1-3H3,(H,29,30)/b20-17-. The van der Waals surface area contributed by atoms with Gasteiger partial charge in [-0.1, -0.05) is 24.3 Å². The Balaban J connectivity index is 1.62. The van der Waals surface area contributed by atoms with Crippen molar-refractivity contribution in [3.05, 3.63) is 90.1 Å². The molecule has 2 N–H and O–H groups in total. The second-order valence-corrected chi connectivity index (χ2v) is 7.06. The van der Waals surface area contributed by atoms with Gasteiger partial charge in [0.05, 0.1) is 20.3 Å². The van der Waals surface area contributed by atoms with Gasteiger partial charge >= 0.3 is 0 Å². The second kappa shape index (κ2) is 11.3. The number of benzene rings is 3. The molecule has 3 aromatic rings. The summed E-state index contributed by atoms with van der Waals surface area (Å²) in [5.41, 5.74) is 1.48. The number of hydrogen-bond donors (Lipinski definition) is 2. The minimum Gasteiger partial charge on any atom is -0.493 e. The molecule has 1 amide bonds. The molecule has 3 aromatic carbocycles. The SMILES string of the molecule is COc1ccc(C(C)NC(=O)/C(C#N)=C\Nc2ccc(Oc3ccccc3)cc2)cc1OC. The highest BCUT2D eigenvalue weighted by Crippen LogP contribution is 2.30. The van der Waals surface area contributed by atoms with Crippen LogP contribution in [0.3, 0.4) is 0 Å². The van der Waals surface area contributed by atoms with Gasteiger partial charge in [0.2, 0.25) is 0 Å². The Morgan fingerprint density at radius 2 is 1.61 bits per heavy atom. The zero-order chi connectivity index (χ0) is 23.6. The van der Waals surface area contributed by atoms with E-state index in [0.717, 1.165) is 11.3 Å². The third-order valence-corrected chi connectivity index (χ3v) is 4.84. The van der Waals surface area contributed by atoms with Crippen LogP contribution in [0.2, 0.25) is 0 Å².